The standard InChI is InChI=1S/C28H30ClNO4S/c1-28(2)15-21(6-9-34-28)27(31)30-8-10-32-26-23(16-30)12-22(20-4-3-5-24(29)13-20)14-25(26)33-17-19-7-11-35-18-19/h3-5,7,11-14,18,21H,6,8-10,15-17H2,1-2H3/t21-/m1/s1. The number of fused-ring (bicyclic) bond motifs is 1. The monoisotopic (exact) mass is 511 g/mol. The minimum absolute atomic E-state index is 0.0364. The molecular formula is C28H30ClNO4S. The fourth-order valence-corrected chi connectivity index (χ4v) is 5.69. The van der Waals surface area contributed by atoms with E-state index in [1.54, 1.807) is 11.3 Å². The number of amides is 1. The first kappa shape index (κ1) is 24.2. The largest absolute Gasteiger partial charge is 0.487 e. The Morgan fingerprint density at radius 1 is 1.20 bits per heavy atom. The molecule has 5 nitrogen and oxygen atoms in total. The van der Waals surface area contributed by atoms with Crippen LogP contribution in [0.3, 0.4) is 0 Å². The molecule has 2 aliphatic rings. The quantitative estimate of drug-likeness (QED) is 0.388. The molecule has 1 fully saturated rings. The summed E-state index contributed by atoms with van der Waals surface area (Å²) in [5.41, 5.74) is 3.76. The number of nitrogens with zero attached hydrogens (tertiary/aromatic N) is 1. The summed E-state index contributed by atoms with van der Waals surface area (Å²) in [4.78, 5) is 15.5. The van der Waals surface area contributed by atoms with Gasteiger partial charge in [0, 0.05) is 29.7 Å². The molecule has 0 aliphatic carbocycles. The third-order valence-electron chi connectivity index (χ3n) is 6.59. The normalized spacial score (nSPS) is 19.4. The Hall–Kier alpha value is -2.54. The van der Waals surface area contributed by atoms with Crippen LogP contribution in [-0.2, 0) is 22.7 Å². The number of carbonyl (C=O) groups is 1. The van der Waals surface area contributed by atoms with E-state index in [-0.39, 0.29) is 17.4 Å². The van der Waals surface area contributed by atoms with Gasteiger partial charge in [0.25, 0.3) is 0 Å². The molecule has 0 radical (unpaired) electrons. The fraction of sp³-hybridized carbons (Fsp3) is 0.393. The summed E-state index contributed by atoms with van der Waals surface area (Å²) in [6.07, 6.45) is 1.48. The van der Waals surface area contributed by atoms with Gasteiger partial charge in [-0.1, -0.05) is 23.7 Å². The van der Waals surface area contributed by atoms with E-state index in [2.05, 4.69) is 31.4 Å². The first-order valence-electron chi connectivity index (χ1n) is 12.0. The number of hydrogen-bond acceptors (Lipinski definition) is 5. The van der Waals surface area contributed by atoms with E-state index in [1.165, 1.54) is 0 Å². The van der Waals surface area contributed by atoms with Gasteiger partial charge in [-0.2, -0.15) is 11.3 Å². The highest BCUT2D eigenvalue weighted by Crippen LogP contribution is 2.40. The number of carbonyl (C=O) groups excluding carboxylic acids is 1. The molecule has 0 N–H and O–H groups in total. The van der Waals surface area contributed by atoms with Crippen LogP contribution in [0.5, 0.6) is 11.5 Å². The second-order valence-corrected chi connectivity index (χ2v) is 11.0. The van der Waals surface area contributed by atoms with Crippen molar-refractivity contribution in [1.82, 2.24) is 4.90 Å². The van der Waals surface area contributed by atoms with Gasteiger partial charge >= 0.3 is 0 Å². The van der Waals surface area contributed by atoms with Crippen LogP contribution in [0.4, 0.5) is 0 Å². The SMILES string of the molecule is CC1(C)C[C@H](C(=O)N2CCOc3c(cc(-c4cccc(Cl)c4)cc3OCc3ccsc3)C2)CCO1. The molecule has 3 heterocycles. The van der Waals surface area contributed by atoms with Crippen molar-refractivity contribution >= 4 is 28.8 Å². The Morgan fingerprint density at radius 3 is 2.86 bits per heavy atom. The van der Waals surface area contributed by atoms with Crippen LogP contribution >= 0.6 is 22.9 Å². The van der Waals surface area contributed by atoms with Crippen molar-refractivity contribution in [3.05, 3.63) is 69.4 Å². The van der Waals surface area contributed by atoms with E-state index < -0.39 is 0 Å². The van der Waals surface area contributed by atoms with Gasteiger partial charge in [0.2, 0.25) is 5.91 Å². The molecule has 5 rings (SSSR count). The highest BCUT2D eigenvalue weighted by atomic mass is 35.5. The van der Waals surface area contributed by atoms with Gasteiger partial charge < -0.3 is 19.1 Å². The summed E-state index contributed by atoms with van der Waals surface area (Å²) in [6.45, 7) is 6.64. The predicted molar refractivity (Wildman–Crippen MR) is 139 cm³/mol. The Kier molecular flexibility index (Phi) is 7.05. The van der Waals surface area contributed by atoms with Crippen LogP contribution in [-0.4, -0.2) is 36.2 Å². The third kappa shape index (κ3) is 5.66. The van der Waals surface area contributed by atoms with Gasteiger partial charge in [-0.05, 0) is 84.5 Å². The molecule has 0 spiro atoms. The number of ether oxygens (including phenoxy) is 3. The summed E-state index contributed by atoms with van der Waals surface area (Å²) in [5.74, 6) is 1.54. The molecule has 7 heteroatoms. The van der Waals surface area contributed by atoms with Gasteiger partial charge in [0.05, 0.1) is 12.1 Å². The van der Waals surface area contributed by atoms with Crippen molar-refractivity contribution in [2.75, 3.05) is 19.8 Å². The van der Waals surface area contributed by atoms with Crippen molar-refractivity contribution in [3.63, 3.8) is 0 Å². The van der Waals surface area contributed by atoms with Gasteiger partial charge in [0.15, 0.2) is 11.5 Å². The van der Waals surface area contributed by atoms with Crippen molar-refractivity contribution in [1.29, 1.82) is 0 Å². The first-order valence-corrected chi connectivity index (χ1v) is 13.3. The van der Waals surface area contributed by atoms with E-state index in [9.17, 15) is 4.79 Å². The van der Waals surface area contributed by atoms with Gasteiger partial charge in [-0.15, -0.1) is 0 Å². The van der Waals surface area contributed by atoms with Gasteiger partial charge in [-0.3, -0.25) is 4.79 Å². The number of thiophene rings is 1. The Balaban J connectivity index is 1.46. The molecule has 1 atom stereocenters. The fourth-order valence-electron chi connectivity index (χ4n) is 4.85. The van der Waals surface area contributed by atoms with Crippen molar-refractivity contribution < 1.29 is 19.0 Å². The zero-order valence-corrected chi connectivity index (χ0v) is 21.7. The molecule has 3 aromatic rings. The highest BCUT2D eigenvalue weighted by Gasteiger charge is 2.36. The van der Waals surface area contributed by atoms with Gasteiger partial charge in [-0.25, -0.2) is 0 Å². The molecule has 0 unspecified atom stereocenters. The molecule has 2 aliphatic heterocycles. The summed E-state index contributed by atoms with van der Waals surface area (Å²) in [7, 11) is 0. The average molecular weight is 512 g/mol. The molecule has 2 aromatic carbocycles. The van der Waals surface area contributed by atoms with Crippen LogP contribution in [0.2, 0.25) is 5.02 Å². The number of rotatable bonds is 5. The van der Waals surface area contributed by atoms with Crippen molar-refractivity contribution in [2.24, 2.45) is 5.92 Å². The van der Waals surface area contributed by atoms with E-state index in [1.807, 2.05) is 40.6 Å². The van der Waals surface area contributed by atoms with Crippen LogP contribution < -0.4 is 9.47 Å². The van der Waals surface area contributed by atoms with Crippen LogP contribution in [0, 0.1) is 5.92 Å². The molecule has 1 amide bonds. The van der Waals surface area contributed by atoms with E-state index >= 15 is 0 Å². The minimum Gasteiger partial charge on any atom is -0.487 e. The van der Waals surface area contributed by atoms with Gasteiger partial charge in [0.1, 0.15) is 13.2 Å². The summed E-state index contributed by atoms with van der Waals surface area (Å²) in [5, 5.41) is 4.79. The van der Waals surface area contributed by atoms with E-state index in [4.69, 9.17) is 25.8 Å². The molecule has 184 valence electrons. The predicted octanol–water partition coefficient (Wildman–Crippen LogP) is 6.57. The lowest BCUT2D eigenvalue weighted by Gasteiger charge is -2.36. The van der Waals surface area contributed by atoms with Crippen LogP contribution in [0.1, 0.15) is 37.8 Å². The number of benzene rings is 2. The minimum atomic E-state index is -0.277. The zero-order valence-electron chi connectivity index (χ0n) is 20.1. The lowest BCUT2D eigenvalue weighted by atomic mass is 9.87. The highest BCUT2D eigenvalue weighted by molar-refractivity contribution is 7.07. The average Bonchev–Trinajstić information content (AvgIpc) is 3.26. The Labute approximate surface area is 215 Å². The second kappa shape index (κ2) is 10.2. The number of halogens is 1. The third-order valence-corrected chi connectivity index (χ3v) is 7.56. The maximum atomic E-state index is 13.5. The molecule has 1 aromatic heterocycles. The number of hydrogen-bond donors (Lipinski definition) is 0. The molecular weight excluding hydrogens is 482 g/mol. The topological polar surface area (TPSA) is 48.0 Å². The second-order valence-electron chi connectivity index (χ2n) is 9.80. The smallest absolute Gasteiger partial charge is 0.226 e. The lowest BCUT2D eigenvalue weighted by Crippen LogP contribution is -2.43. The summed E-state index contributed by atoms with van der Waals surface area (Å²) < 4.78 is 18.3. The summed E-state index contributed by atoms with van der Waals surface area (Å²) >= 11 is 7.93. The van der Waals surface area contributed by atoms with Crippen molar-refractivity contribution in [2.45, 2.75) is 45.4 Å². The molecule has 1 saturated heterocycles. The Morgan fingerprint density at radius 2 is 2.09 bits per heavy atom. The van der Waals surface area contributed by atoms with Crippen LogP contribution in [0.15, 0.2) is 53.2 Å². The van der Waals surface area contributed by atoms with E-state index in [0.29, 0.717) is 49.4 Å². The van der Waals surface area contributed by atoms with Crippen LogP contribution in [0.25, 0.3) is 11.1 Å². The van der Waals surface area contributed by atoms with Crippen molar-refractivity contribution in [3.8, 4) is 22.6 Å². The zero-order chi connectivity index (χ0) is 24.4. The molecule has 0 saturated carbocycles. The first-order chi connectivity index (χ1) is 16.9. The molecule has 35 heavy (non-hydrogen) atoms. The lowest BCUT2D eigenvalue weighted by molar-refractivity contribution is -0.146. The maximum Gasteiger partial charge on any atom is 0.226 e. The molecule has 0 bridgehead atoms. The maximum absolute atomic E-state index is 13.5. The van der Waals surface area contributed by atoms with E-state index in [0.717, 1.165) is 35.1 Å². The summed E-state index contributed by atoms with van der Waals surface area (Å²) in [6, 6.07) is 13.9. The Bertz CT molecular complexity index is 1190.